The molecule has 1 fully saturated rings. The molecule has 1 aliphatic heterocycles. The second kappa shape index (κ2) is 11.6. The number of imidazole rings is 1. The minimum atomic E-state index is -1.45. The third-order valence-electron chi connectivity index (χ3n) is 8.19. The summed E-state index contributed by atoms with van der Waals surface area (Å²) < 4.78 is 1.86. The van der Waals surface area contributed by atoms with Crippen LogP contribution in [0.15, 0.2) is 85.3 Å². The summed E-state index contributed by atoms with van der Waals surface area (Å²) in [5.74, 6) is 0.860. The Balaban J connectivity index is 1.46. The van der Waals surface area contributed by atoms with Crippen LogP contribution >= 0.6 is 11.6 Å². The number of hydrogen-bond acceptors (Lipinski definition) is 5. The second-order valence-electron chi connectivity index (χ2n) is 11.1. The highest BCUT2D eigenvalue weighted by Gasteiger charge is 2.37. The van der Waals surface area contributed by atoms with Crippen molar-refractivity contribution in [1.29, 1.82) is 0 Å². The fourth-order valence-electron chi connectivity index (χ4n) is 5.98. The van der Waals surface area contributed by atoms with E-state index in [4.69, 9.17) is 16.6 Å². The summed E-state index contributed by atoms with van der Waals surface area (Å²) in [4.78, 5) is 11.9. The molecule has 3 aromatic carbocycles. The summed E-state index contributed by atoms with van der Waals surface area (Å²) in [5, 5.41) is 17.7. The number of rotatable bonds is 8. The van der Waals surface area contributed by atoms with E-state index in [-0.39, 0.29) is 0 Å². The number of aryl methyl sites for hydroxylation is 2. The average molecular weight is 566 g/mol. The molecular formula is C34H36ClN5O. The van der Waals surface area contributed by atoms with Crippen molar-refractivity contribution in [3.05, 3.63) is 113 Å². The van der Waals surface area contributed by atoms with E-state index >= 15 is 0 Å². The van der Waals surface area contributed by atoms with Crippen molar-refractivity contribution in [2.45, 2.75) is 31.8 Å². The number of nitrogens with zero attached hydrogens (tertiary/aromatic N) is 4. The van der Waals surface area contributed by atoms with Crippen LogP contribution in [0.1, 0.15) is 41.6 Å². The zero-order valence-electron chi connectivity index (χ0n) is 23.6. The molecule has 2 N–H and O–H groups in total. The minimum Gasteiger partial charge on any atom is -0.374 e. The molecule has 210 valence electrons. The monoisotopic (exact) mass is 565 g/mol. The molecule has 2 aromatic heterocycles. The minimum absolute atomic E-state index is 0.617. The topological polar surface area (TPSA) is 66.2 Å². The molecule has 1 aliphatic rings. The predicted octanol–water partition coefficient (Wildman–Crippen LogP) is 6.78. The quantitative estimate of drug-likeness (QED) is 0.217. The van der Waals surface area contributed by atoms with Crippen LogP contribution in [-0.2, 0) is 12.6 Å². The zero-order valence-corrected chi connectivity index (χ0v) is 24.4. The maximum atomic E-state index is 12.5. The lowest BCUT2D eigenvalue weighted by atomic mass is 9.82. The maximum absolute atomic E-state index is 12.5. The van der Waals surface area contributed by atoms with Gasteiger partial charge in [0.25, 0.3) is 0 Å². The Morgan fingerprint density at radius 1 is 0.951 bits per heavy atom. The normalized spacial score (nSPS) is 15.6. The second-order valence-corrected chi connectivity index (χ2v) is 11.5. The number of piperidine rings is 1. The number of nitrogens with one attached hydrogen (secondary N) is 1. The van der Waals surface area contributed by atoms with Crippen molar-refractivity contribution >= 4 is 28.3 Å². The van der Waals surface area contributed by atoms with Gasteiger partial charge in [-0.25, -0.2) is 9.97 Å². The van der Waals surface area contributed by atoms with Gasteiger partial charge in [-0.05, 0) is 85.4 Å². The van der Waals surface area contributed by atoms with Gasteiger partial charge >= 0.3 is 0 Å². The fourth-order valence-corrected chi connectivity index (χ4v) is 6.10. The number of aliphatic hydroxyl groups is 1. The smallest absolute Gasteiger partial charge is 0.156 e. The van der Waals surface area contributed by atoms with Crippen LogP contribution in [-0.4, -0.2) is 50.7 Å². The van der Waals surface area contributed by atoms with E-state index in [9.17, 15) is 5.11 Å². The molecule has 0 spiro atoms. The molecule has 1 unspecified atom stereocenters. The molecule has 6 nitrogen and oxygen atoms in total. The first kappa shape index (κ1) is 27.5. The van der Waals surface area contributed by atoms with Crippen LogP contribution in [0.3, 0.4) is 0 Å². The number of anilines is 1. The van der Waals surface area contributed by atoms with E-state index in [0.717, 1.165) is 46.5 Å². The van der Waals surface area contributed by atoms with Crippen molar-refractivity contribution in [2.24, 2.45) is 7.05 Å². The Morgan fingerprint density at radius 2 is 1.73 bits per heavy atom. The van der Waals surface area contributed by atoms with Crippen molar-refractivity contribution in [3.8, 4) is 11.1 Å². The summed E-state index contributed by atoms with van der Waals surface area (Å²) in [6.45, 7) is 6.32. The number of pyridine rings is 1. The first-order valence-electron chi connectivity index (χ1n) is 14.4. The lowest BCUT2D eigenvalue weighted by Gasteiger charge is -2.30. The lowest BCUT2D eigenvalue weighted by Crippen LogP contribution is -2.33. The molecule has 5 aromatic rings. The standard InChI is InChI=1S/C34H36ClN5O/c1-24-7-6-8-25(19-24)29-21-33(37-15-18-40-16-4-3-5-17-40)38-31-14-11-27(20-30(29)31)34(41,32-22-36-23-39(32)2)26-9-12-28(35)13-10-26/h6-14,19-23,41H,3-5,15-18H2,1-2H3,(H,37,38). The molecule has 0 amide bonds. The van der Waals surface area contributed by atoms with Gasteiger partial charge in [0.2, 0.25) is 0 Å². The highest BCUT2D eigenvalue weighted by atomic mass is 35.5. The van der Waals surface area contributed by atoms with Crippen LogP contribution in [0.5, 0.6) is 0 Å². The van der Waals surface area contributed by atoms with Crippen molar-refractivity contribution in [2.75, 3.05) is 31.5 Å². The first-order valence-corrected chi connectivity index (χ1v) is 14.7. The first-order chi connectivity index (χ1) is 19.9. The van der Waals surface area contributed by atoms with Gasteiger partial charge in [-0.1, -0.05) is 66.0 Å². The van der Waals surface area contributed by atoms with Crippen LogP contribution in [0.2, 0.25) is 5.02 Å². The highest BCUT2D eigenvalue weighted by Crippen LogP contribution is 2.40. The molecule has 7 heteroatoms. The van der Waals surface area contributed by atoms with Gasteiger partial charge in [0.05, 0.1) is 23.7 Å². The van der Waals surface area contributed by atoms with Crippen LogP contribution < -0.4 is 5.32 Å². The highest BCUT2D eigenvalue weighted by molar-refractivity contribution is 6.30. The molecule has 3 heterocycles. The van der Waals surface area contributed by atoms with E-state index < -0.39 is 5.60 Å². The average Bonchev–Trinajstić information content (AvgIpc) is 3.43. The van der Waals surface area contributed by atoms with Crippen LogP contribution in [0.4, 0.5) is 5.82 Å². The number of halogens is 1. The summed E-state index contributed by atoms with van der Waals surface area (Å²) >= 11 is 6.22. The molecule has 0 bridgehead atoms. The number of hydrogen-bond donors (Lipinski definition) is 2. The van der Waals surface area contributed by atoms with E-state index in [1.807, 2.05) is 35.9 Å². The van der Waals surface area contributed by atoms with Gasteiger partial charge < -0.3 is 19.9 Å². The maximum Gasteiger partial charge on any atom is 0.156 e. The third-order valence-corrected chi connectivity index (χ3v) is 8.44. The predicted molar refractivity (Wildman–Crippen MR) is 167 cm³/mol. The number of fused-ring (bicyclic) bond motifs is 1. The van der Waals surface area contributed by atoms with Crippen molar-refractivity contribution in [1.82, 2.24) is 19.4 Å². The molecule has 0 radical (unpaired) electrons. The lowest BCUT2D eigenvalue weighted by molar-refractivity contribution is 0.117. The van der Waals surface area contributed by atoms with Gasteiger partial charge in [0.15, 0.2) is 5.60 Å². The SMILES string of the molecule is Cc1cccc(-c2cc(NCCN3CCCCC3)nc3ccc(C(O)(c4ccc(Cl)cc4)c4cncn4C)cc23)c1. The van der Waals surface area contributed by atoms with Gasteiger partial charge in [-0.3, -0.25) is 0 Å². The number of likely N-dealkylation sites (tertiary alicyclic amines) is 1. The largest absolute Gasteiger partial charge is 0.374 e. The third kappa shape index (κ3) is 5.60. The zero-order chi connectivity index (χ0) is 28.4. The number of aromatic nitrogens is 3. The van der Waals surface area contributed by atoms with Crippen molar-refractivity contribution in [3.63, 3.8) is 0 Å². The van der Waals surface area contributed by atoms with E-state index in [1.54, 1.807) is 24.7 Å². The summed E-state index contributed by atoms with van der Waals surface area (Å²) in [7, 11) is 1.89. The van der Waals surface area contributed by atoms with E-state index in [1.165, 1.54) is 37.9 Å². The van der Waals surface area contributed by atoms with Gasteiger partial charge in [-0.15, -0.1) is 0 Å². The van der Waals surface area contributed by atoms with E-state index in [0.29, 0.717) is 16.3 Å². The summed E-state index contributed by atoms with van der Waals surface area (Å²) in [5.41, 5.74) is 4.92. The Morgan fingerprint density at radius 3 is 2.46 bits per heavy atom. The Bertz CT molecular complexity index is 1660. The van der Waals surface area contributed by atoms with Crippen LogP contribution in [0, 0.1) is 6.92 Å². The molecule has 6 rings (SSSR count). The molecule has 0 aliphatic carbocycles. The molecular weight excluding hydrogens is 530 g/mol. The van der Waals surface area contributed by atoms with Gasteiger partial charge in [-0.2, -0.15) is 0 Å². The fraction of sp³-hybridized carbons (Fsp3) is 0.294. The Kier molecular flexibility index (Phi) is 7.80. The molecule has 1 saturated heterocycles. The Labute approximate surface area is 246 Å². The van der Waals surface area contributed by atoms with E-state index in [2.05, 4.69) is 58.5 Å². The van der Waals surface area contributed by atoms with Gasteiger partial charge in [0.1, 0.15) is 5.82 Å². The van der Waals surface area contributed by atoms with Gasteiger partial charge in [0, 0.05) is 30.5 Å². The molecule has 41 heavy (non-hydrogen) atoms. The Hall–Kier alpha value is -3.71. The van der Waals surface area contributed by atoms with Crippen LogP contribution in [0.25, 0.3) is 22.0 Å². The van der Waals surface area contributed by atoms with Crippen molar-refractivity contribution < 1.29 is 5.11 Å². The summed E-state index contributed by atoms with van der Waals surface area (Å²) in [6, 6.07) is 24.1. The molecule has 1 atom stereocenters. The number of benzene rings is 3. The molecule has 0 saturated carbocycles. The summed E-state index contributed by atoms with van der Waals surface area (Å²) in [6.07, 6.45) is 7.34.